The molecule has 11 heteroatoms. The lowest BCUT2D eigenvalue weighted by atomic mass is 10.1. The van der Waals surface area contributed by atoms with Gasteiger partial charge in [0, 0.05) is 27.4 Å². The number of carbonyl (C=O) groups is 1. The molecule has 0 atom stereocenters. The van der Waals surface area contributed by atoms with Gasteiger partial charge in [0.2, 0.25) is 0 Å². The Morgan fingerprint density at radius 1 is 1.09 bits per heavy atom. The number of nitro benzene ring substituents is 1. The van der Waals surface area contributed by atoms with E-state index in [1.54, 1.807) is 36.4 Å². The Labute approximate surface area is 215 Å². The van der Waals surface area contributed by atoms with E-state index in [0.29, 0.717) is 27.1 Å². The molecule has 1 N–H and O–H groups in total. The number of methoxy groups -OCH3 is 1. The molecule has 0 saturated heterocycles. The Morgan fingerprint density at radius 2 is 1.86 bits per heavy atom. The Morgan fingerprint density at radius 3 is 2.51 bits per heavy atom. The lowest BCUT2D eigenvalue weighted by Crippen LogP contribution is -2.13. The summed E-state index contributed by atoms with van der Waals surface area (Å²) in [6.45, 7) is 0.167. The third-order valence-electron chi connectivity index (χ3n) is 4.66. The van der Waals surface area contributed by atoms with E-state index in [4.69, 9.17) is 44.3 Å². The summed E-state index contributed by atoms with van der Waals surface area (Å²) < 4.78 is 11.2. The lowest BCUT2D eigenvalue weighted by Gasteiger charge is -2.12. The molecule has 0 spiro atoms. The van der Waals surface area contributed by atoms with Gasteiger partial charge in [-0.3, -0.25) is 14.9 Å². The van der Waals surface area contributed by atoms with Crippen molar-refractivity contribution in [2.75, 3.05) is 12.4 Å². The molecular weight excluding hydrogens is 517 g/mol. The van der Waals surface area contributed by atoms with Crippen molar-refractivity contribution >= 4 is 58.2 Å². The third-order valence-corrected chi connectivity index (χ3v) is 5.57. The van der Waals surface area contributed by atoms with E-state index in [-0.39, 0.29) is 28.6 Å². The number of nitro groups is 1. The predicted octanol–water partition coefficient (Wildman–Crippen LogP) is 6.69. The Hall–Kier alpha value is -3.77. The number of hydrogen-bond acceptors (Lipinski definition) is 6. The summed E-state index contributed by atoms with van der Waals surface area (Å²) in [4.78, 5) is 22.9. The van der Waals surface area contributed by atoms with Gasteiger partial charge < -0.3 is 14.8 Å². The molecule has 3 aromatic carbocycles. The maximum absolute atomic E-state index is 12.6. The number of carbonyl (C=O) groups excluding carboxylic acids is 1. The van der Waals surface area contributed by atoms with Crippen molar-refractivity contribution in [1.29, 1.82) is 5.26 Å². The van der Waals surface area contributed by atoms with E-state index in [2.05, 4.69) is 5.32 Å². The van der Waals surface area contributed by atoms with Crippen molar-refractivity contribution in [3.05, 3.63) is 96.5 Å². The Balaban J connectivity index is 1.78. The first-order chi connectivity index (χ1) is 16.7. The van der Waals surface area contributed by atoms with Gasteiger partial charge >= 0.3 is 0 Å². The highest BCUT2D eigenvalue weighted by Gasteiger charge is 2.16. The second-order valence-electron chi connectivity index (χ2n) is 6.98. The lowest BCUT2D eigenvalue weighted by molar-refractivity contribution is -0.384. The zero-order chi connectivity index (χ0) is 25.5. The number of amides is 1. The van der Waals surface area contributed by atoms with Crippen LogP contribution in [0.2, 0.25) is 15.1 Å². The van der Waals surface area contributed by atoms with Gasteiger partial charge in [-0.25, -0.2) is 0 Å². The van der Waals surface area contributed by atoms with E-state index in [1.807, 2.05) is 6.07 Å². The summed E-state index contributed by atoms with van der Waals surface area (Å²) in [5.74, 6) is 0.0442. The van der Waals surface area contributed by atoms with Gasteiger partial charge in [0.15, 0.2) is 11.5 Å². The van der Waals surface area contributed by atoms with Gasteiger partial charge in [0.25, 0.3) is 11.6 Å². The van der Waals surface area contributed by atoms with Crippen LogP contribution in [0.1, 0.15) is 11.1 Å². The summed E-state index contributed by atoms with van der Waals surface area (Å²) in [5.41, 5.74) is 0.744. The van der Waals surface area contributed by atoms with Crippen molar-refractivity contribution in [2.24, 2.45) is 0 Å². The van der Waals surface area contributed by atoms with Crippen LogP contribution in [0.25, 0.3) is 6.08 Å². The van der Waals surface area contributed by atoms with E-state index < -0.39 is 10.8 Å². The highest BCUT2D eigenvalue weighted by Crippen LogP contribution is 2.31. The summed E-state index contributed by atoms with van der Waals surface area (Å²) in [6.07, 6.45) is 1.35. The number of anilines is 1. The fraction of sp³-hybridized carbons (Fsp3) is 0.0833. The van der Waals surface area contributed by atoms with Crippen LogP contribution >= 0.6 is 34.8 Å². The first-order valence-electron chi connectivity index (χ1n) is 9.83. The van der Waals surface area contributed by atoms with E-state index >= 15 is 0 Å². The second kappa shape index (κ2) is 11.6. The van der Waals surface area contributed by atoms with Crippen molar-refractivity contribution in [3.63, 3.8) is 0 Å². The van der Waals surface area contributed by atoms with Crippen LogP contribution in [0.3, 0.4) is 0 Å². The number of nitriles is 1. The van der Waals surface area contributed by atoms with Gasteiger partial charge in [0.1, 0.15) is 23.3 Å². The zero-order valence-electron chi connectivity index (χ0n) is 18.1. The monoisotopic (exact) mass is 531 g/mol. The first-order valence-corrected chi connectivity index (χ1v) is 11.0. The molecule has 3 aromatic rings. The molecule has 0 radical (unpaired) electrons. The normalized spacial score (nSPS) is 10.9. The molecule has 8 nitrogen and oxygen atoms in total. The number of ether oxygens (including phenoxy) is 2. The van der Waals surface area contributed by atoms with E-state index in [9.17, 15) is 20.2 Å². The largest absolute Gasteiger partial charge is 0.493 e. The molecule has 0 saturated carbocycles. The molecule has 1 amide bonds. The van der Waals surface area contributed by atoms with Crippen molar-refractivity contribution in [1.82, 2.24) is 0 Å². The molecule has 35 heavy (non-hydrogen) atoms. The number of nitrogens with one attached hydrogen (secondary N) is 1. The van der Waals surface area contributed by atoms with Crippen LogP contribution in [0, 0.1) is 21.4 Å². The van der Waals surface area contributed by atoms with Crippen LogP contribution in [0.4, 0.5) is 11.4 Å². The summed E-state index contributed by atoms with van der Waals surface area (Å²) >= 11 is 17.9. The standard InChI is InChI=1S/C24H16Cl3N3O5/c1-34-23-9-14(2-7-22(23)35-13-15-3-4-17(25)10-20(15)27)8-16(12-28)24(31)29-18-5-6-19(26)21(11-18)30(32)33/h2-11H,13H2,1H3,(H,29,31)/b16-8+. The molecule has 3 rings (SSSR count). The van der Waals surface area contributed by atoms with Gasteiger partial charge in [-0.15, -0.1) is 0 Å². The molecule has 0 aliphatic rings. The molecule has 0 heterocycles. The van der Waals surface area contributed by atoms with E-state index in [0.717, 1.165) is 11.6 Å². The van der Waals surface area contributed by atoms with Crippen molar-refractivity contribution < 1.29 is 19.2 Å². The number of nitrogens with zero attached hydrogens (tertiary/aromatic N) is 2. The van der Waals surface area contributed by atoms with E-state index in [1.165, 1.54) is 25.3 Å². The average Bonchev–Trinajstić information content (AvgIpc) is 2.83. The minimum absolute atomic E-state index is 0.0724. The van der Waals surface area contributed by atoms with Gasteiger partial charge in [-0.05, 0) is 48.0 Å². The minimum Gasteiger partial charge on any atom is -0.493 e. The van der Waals surface area contributed by atoms with Crippen LogP contribution in [0.5, 0.6) is 11.5 Å². The fourth-order valence-electron chi connectivity index (χ4n) is 2.93. The molecule has 0 aliphatic carbocycles. The second-order valence-corrected chi connectivity index (χ2v) is 8.23. The highest BCUT2D eigenvalue weighted by atomic mass is 35.5. The Kier molecular flexibility index (Phi) is 8.55. The minimum atomic E-state index is -0.749. The topological polar surface area (TPSA) is 114 Å². The molecule has 0 aromatic heterocycles. The summed E-state index contributed by atoms with van der Waals surface area (Å²) in [5, 5.41) is 23.9. The Bertz CT molecular complexity index is 1370. The van der Waals surface area contributed by atoms with Crippen LogP contribution in [-0.2, 0) is 11.4 Å². The van der Waals surface area contributed by atoms with Gasteiger partial charge in [0.05, 0.1) is 12.0 Å². The number of hydrogen-bond donors (Lipinski definition) is 1. The van der Waals surface area contributed by atoms with Crippen molar-refractivity contribution in [2.45, 2.75) is 6.61 Å². The molecular formula is C24H16Cl3N3O5. The zero-order valence-corrected chi connectivity index (χ0v) is 20.3. The summed E-state index contributed by atoms with van der Waals surface area (Å²) in [6, 6.07) is 15.5. The van der Waals surface area contributed by atoms with Crippen molar-refractivity contribution in [3.8, 4) is 17.6 Å². The summed E-state index contributed by atoms with van der Waals surface area (Å²) in [7, 11) is 1.45. The number of benzene rings is 3. The maximum atomic E-state index is 12.6. The highest BCUT2D eigenvalue weighted by molar-refractivity contribution is 6.35. The fourth-order valence-corrected chi connectivity index (χ4v) is 3.58. The SMILES string of the molecule is COc1cc(/C=C(\C#N)C(=O)Nc2ccc(Cl)c([N+](=O)[O-])c2)ccc1OCc1ccc(Cl)cc1Cl. The number of halogens is 3. The molecule has 0 unspecified atom stereocenters. The molecule has 178 valence electrons. The number of rotatable bonds is 8. The molecule has 0 aliphatic heterocycles. The molecule has 0 bridgehead atoms. The van der Waals surface area contributed by atoms with Crippen LogP contribution < -0.4 is 14.8 Å². The maximum Gasteiger partial charge on any atom is 0.289 e. The third kappa shape index (κ3) is 6.64. The average molecular weight is 533 g/mol. The first kappa shape index (κ1) is 25.8. The van der Waals surface area contributed by atoms with Gasteiger partial charge in [-0.1, -0.05) is 46.9 Å². The smallest absolute Gasteiger partial charge is 0.289 e. The quantitative estimate of drug-likeness (QED) is 0.150. The van der Waals surface area contributed by atoms with Crippen LogP contribution in [0.15, 0.2) is 60.2 Å². The van der Waals surface area contributed by atoms with Crippen LogP contribution in [-0.4, -0.2) is 17.9 Å². The van der Waals surface area contributed by atoms with Gasteiger partial charge in [-0.2, -0.15) is 5.26 Å². The molecule has 0 fully saturated rings. The predicted molar refractivity (Wildman–Crippen MR) is 134 cm³/mol.